The van der Waals surface area contributed by atoms with Gasteiger partial charge in [-0.3, -0.25) is 4.79 Å². The second-order valence-corrected chi connectivity index (χ2v) is 5.59. The van der Waals surface area contributed by atoms with Crippen LogP contribution in [0.2, 0.25) is 10.0 Å². The molecule has 0 aromatic heterocycles. The zero-order chi connectivity index (χ0) is 15.8. The molecule has 0 unspecified atom stereocenters. The molecule has 21 heavy (non-hydrogen) atoms. The number of nitrogens with zero attached hydrogens (tertiary/aromatic N) is 2. The molecule has 1 heterocycles. The van der Waals surface area contributed by atoms with Gasteiger partial charge in [-0.2, -0.15) is 10.1 Å². The maximum absolute atomic E-state index is 13.0. The Balaban J connectivity index is 2.28. The van der Waals surface area contributed by atoms with Crippen LogP contribution in [0.25, 0.3) is 0 Å². The van der Waals surface area contributed by atoms with Crippen LogP contribution < -0.4 is 0 Å². The van der Waals surface area contributed by atoms with Gasteiger partial charge in [0, 0.05) is 22.2 Å². The van der Waals surface area contributed by atoms with Crippen LogP contribution in [0, 0.1) is 0 Å². The number of carbonyl (C=O) groups is 1. The molecule has 1 aliphatic heterocycles. The third-order valence-electron chi connectivity index (χ3n) is 3.13. The van der Waals surface area contributed by atoms with Crippen molar-refractivity contribution in [1.82, 2.24) is 5.01 Å². The fraction of sp³-hybridized carbons (Fsp3) is 0.385. The molecule has 1 aromatic rings. The highest BCUT2D eigenvalue weighted by molar-refractivity contribution is 6.36. The maximum Gasteiger partial charge on any atom is 0.287 e. The summed E-state index contributed by atoms with van der Waals surface area (Å²) in [6.45, 7) is 1.46. The number of aliphatic hydroxyl groups is 1. The Hall–Kier alpha value is -1.24. The molecule has 114 valence electrons. The average molecular weight is 337 g/mol. The van der Waals surface area contributed by atoms with Crippen LogP contribution >= 0.6 is 23.2 Å². The second-order valence-electron chi connectivity index (χ2n) is 4.77. The van der Waals surface area contributed by atoms with Crippen LogP contribution in [0.5, 0.6) is 0 Å². The van der Waals surface area contributed by atoms with E-state index in [4.69, 9.17) is 23.2 Å². The Kier molecular flexibility index (Phi) is 4.51. The van der Waals surface area contributed by atoms with E-state index in [1.165, 1.54) is 19.1 Å². The van der Waals surface area contributed by atoms with Crippen molar-refractivity contribution in [2.45, 2.75) is 31.9 Å². The molecule has 2 rings (SSSR count). The highest BCUT2D eigenvalue weighted by Crippen LogP contribution is 2.33. The van der Waals surface area contributed by atoms with Gasteiger partial charge in [0.2, 0.25) is 11.6 Å². The van der Waals surface area contributed by atoms with Crippen molar-refractivity contribution >= 4 is 34.8 Å². The quantitative estimate of drug-likeness (QED) is 0.922. The highest BCUT2D eigenvalue weighted by atomic mass is 35.5. The number of carbonyl (C=O) groups excluding carboxylic acids is 1. The summed E-state index contributed by atoms with van der Waals surface area (Å²) in [7, 11) is 0. The number of hydrazone groups is 1. The molecule has 0 radical (unpaired) electrons. The molecule has 0 saturated carbocycles. The standard InChI is InChI=1S/C13H12Cl2F2N2O2/c1-7-6-13(21,12(16)17)19(18-7)11(20)5-8-9(14)3-2-4-10(8)15/h2-4,12,21H,5-6H2,1H3/t13-/m1/s1. The lowest BCUT2D eigenvalue weighted by molar-refractivity contribution is -0.191. The van der Waals surface area contributed by atoms with E-state index in [1.54, 1.807) is 6.07 Å². The van der Waals surface area contributed by atoms with E-state index in [-0.39, 0.29) is 22.2 Å². The number of hydrogen-bond acceptors (Lipinski definition) is 3. The van der Waals surface area contributed by atoms with E-state index in [2.05, 4.69) is 5.10 Å². The number of rotatable bonds is 3. The van der Waals surface area contributed by atoms with Gasteiger partial charge in [-0.15, -0.1) is 0 Å². The smallest absolute Gasteiger partial charge is 0.287 e. The van der Waals surface area contributed by atoms with Crippen molar-refractivity contribution in [2.75, 3.05) is 0 Å². The molecule has 0 aliphatic carbocycles. The molecule has 0 fully saturated rings. The Labute approximate surface area is 129 Å². The Morgan fingerprint density at radius 1 is 1.48 bits per heavy atom. The molecule has 4 nitrogen and oxygen atoms in total. The van der Waals surface area contributed by atoms with Crippen molar-refractivity contribution in [3.8, 4) is 0 Å². The largest absolute Gasteiger partial charge is 0.364 e. The van der Waals surface area contributed by atoms with Gasteiger partial charge >= 0.3 is 0 Å². The number of benzene rings is 1. The molecule has 0 spiro atoms. The van der Waals surface area contributed by atoms with E-state index < -0.39 is 24.5 Å². The van der Waals surface area contributed by atoms with Gasteiger partial charge in [-0.1, -0.05) is 29.3 Å². The zero-order valence-electron chi connectivity index (χ0n) is 11.0. The predicted octanol–water partition coefficient (Wildman–Crippen LogP) is 3.10. The summed E-state index contributed by atoms with van der Waals surface area (Å²) in [4.78, 5) is 12.2. The first-order chi connectivity index (χ1) is 9.75. The topological polar surface area (TPSA) is 52.9 Å². The average Bonchev–Trinajstić information content (AvgIpc) is 2.71. The lowest BCUT2D eigenvalue weighted by Crippen LogP contribution is -2.52. The van der Waals surface area contributed by atoms with Crippen LogP contribution in [-0.4, -0.2) is 33.9 Å². The summed E-state index contributed by atoms with van der Waals surface area (Å²) in [6, 6.07) is 4.67. The highest BCUT2D eigenvalue weighted by Gasteiger charge is 2.50. The van der Waals surface area contributed by atoms with E-state index in [0.29, 0.717) is 10.6 Å². The van der Waals surface area contributed by atoms with Crippen LogP contribution in [0.3, 0.4) is 0 Å². The summed E-state index contributed by atoms with van der Waals surface area (Å²) in [5.74, 6) is -0.801. The number of alkyl halides is 2. The monoisotopic (exact) mass is 336 g/mol. The molecule has 8 heteroatoms. The zero-order valence-corrected chi connectivity index (χ0v) is 12.5. The Bertz CT molecular complexity index is 590. The van der Waals surface area contributed by atoms with Crippen molar-refractivity contribution in [1.29, 1.82) is 0 Å². The number of hydrogen-bond donors (Lipinski definition) is 1. The van der Waals surface area contributed by atoms with Gasteiger partial charge in [0.15, 0.2) is 0 Å². The molecule has 1 N–H and O–H groups in total. The van der Waals surface area contributed by atoms with Crippen molar-refractivity contribution < 1.29 is 18.7 Å². The fourth-order valence-corrected chi connectivity index (χ4v) is 2.64. The van der Waals surface area contributed by atoms with Crippen LogP contribution in [0.15, 0.2) is 23.3 Å². The summed E-state index contributed by atoms with van der Waals surface area (Å²) >= 11 is 11.9. The SMILES string of the molecule is CC1=NN(C(=O)Cc2c(Cl)cccc2Cl)[C@](O)(C(F)F)C1. The van der Waals surface area contributed by atoms with Gasteiger partial charge in [-0.05, 0) is 24.6 Å². The Morgan fingerprint density at radius 2 is 2.05 bits per heavy atom. The van der Waals surface area contributed by atoms with Crippen LogP contribution in [0.1, 0.15) is 18.9 Å². The predicted molar refractivity (Wildman–Crippen MR) is 75.7 cm³/mol. The van der Waals surface area contributed by atoms with Gasteiger partial charge in [0.1, 0.15) is 0 Å². The summed E-state index contributed by atoms with van der Waals surface area (Å²) in [5, 5.41) is 14.6. The third-order valence-corrected chi connectivity index (χ3v) is 3.84. The third kappa shape index (κ3) is 3.02. The van der Waals surface area contributed by atoms with Gasteiger partial charge in [-0.25, -0.2) is 8.78 Å². The number of halogens is 4. The fourth-order valence-electron chi connectivity index (χ4n) is 2.11. The molecule has 0 saturated heterocycles. The minimum atomic E-state index is -3.13. The van der Waals surface area contributed by atoms with E-state index in [9.17, 15) is 18.7 Å². The first-order valence-corrected chi connectivity index (χ1v) is 6.82. The summed E-state index contributed by atoms with van der Waals surface area (Å²) in [6.07, 6.45) is -3.86. The molecule has 0 bridgehead atoms. The molecular weight excluding hydrogens is 325 g/mol. The summed E-state index contributed by atoms with van der Waals surface area (Å²) < 4.78 is 26.1. The molecule has 1 aliphatic rings. The van der Waals surface area contributed by atoms with Crippen molar-refractivity contribution in [3.63, 3.8) is 0 Å². The Morgan fingerprint density at radius 3 is 2.57 bits per heavy atom. The van der Waals surface area contributed by atoms with E-state index in [1.807, 2.05) is 0 Å². The number of amides is 1. The summed E-state index contributed by atoms with van der Waals surface area (Å²) in [5.41, 5.74) is -2.06. The first-order valence-electron chi connectivity index (χ1n) is 6.06. The lowest BCUT2D eigenvalue weighted by atomic mass is 10.1. The molecule has 1 amide bonds. The van der Waals surface area contributed by atoms with Crippen LogP contribution in [0.4, 0.5) is 8.78 Å². The lowest BCUT2D eigenvalue weighted by Gasteiger charge is -2.30. The molecular formula is C13H12Cl2F2N2O2. The van der Waals surface area contributed by atoms with Gasteiger partial charge in [0.05, 0.1) is 6.42 Å². The minimum absolute atomic E-state index is 0.247. The molecule has 1 aromatic carbocycles. The normalized spacial score (nSPS) is 21.9. The van der Waals surface area contributed by atoms with Crippen molar-refractivity contribution in [3.05, 3.63) is 33.8 Å². The second kappa shape index (κ2) is 5.87. The first kappa shape index (κ1) is 16.1. The van der Waals surface area contributed by atoms with Crippen LogP contribution in [-0.2, 0) is 11.2 Å². The van der Waals surface area contributed by atoms with Gasteiger partial charge in [0.25, 0.3) is 6.43 Å². The molecule has 1 atom stereocenters. The van der Waals surface area contributed by atoms with Crippen molar-refractivity contribution in [2.24, 2.45) is 5.10 Å². The van der Waals surface area contributed by atoms with E-state index in [0.717, 1.165) is 0 Å². The van der Waals surface area contributed by atoms with E-state index >= 15 is 0 Å². The maximum atomic E-state index is 13.0. The van der Waals surface area contributed by atoms with Gasteiger partial charge < -0.3 is 5.11 Å². The minimum Gasteiger partial charge on any atom is -0.364 e.